The third kappa shape index (κ3) is 5.47. The van der Waals surface area contributed by atoms with E-state index in [1.807, 2.05) is 12.1 Å². The molecule has 1 N–H and O–H groups in total. The summed E-state index contributed by atoms with van der Waals surface area (Å²) in [5, 5.41) is 4.47. The van der Waals surface area contributed by atoms with Gasteiger partial charge in [-0.05, 0) is 51.0 Å². The van der Waals surface area contributed by atoms with Gasteiger partial charge < -0.3 is 33.9 Å². The maximum Gasteiger partial charge on any atom is 0.231 e. The van der Waals surface area contributed by atoms with Crippen molar-refractivity contribution >= 4 is 34.0 Å². The van der Waals surface area contributed by atoms with Gasteiger partial charge in [-0.2, -0.15) is 0 Å². The van der Waals surface area contributed by atoms with E-state index in [4.69, 9.17) is 35.3 Å². The number of piperidine rings is 1. The summed E-state index contributed by atoms with van der Waals surface area (Å²) in [4.78, 5) is 11.3. The summed E-state index contributed by atoms with van der Waals surface area (Å²) >= 11 is 6.65. The fraction of sp³-hybridized carbons (Fsp3) is 0.407. The lowest BCUT2D eigenvalue weighted by Crippen LogP contribution is -2.32. The van der Waals surface area contributed by atoms with Gasteiger partial charge in [0.25, 0.3) is 0 Å². The van der Waals surface area contributed by atoms with Crippen LogP contribution in [0.3, 0.4) is 0 Å². The topological polar surface area (TPSA) is 87.2 Å². The average Bonchev–Trinajstić information content (AvgIpc) is 3.40. The van der Waals surface area contributed by atoms with Crippen LogP contribution in [0.1, 0.15) is 18.4 Å². The third-order valence-corrected chi connectivity index (χ3v) is 6.81. The summed E-state index contributed by atoms with van der Waals surface area (Å²) in [5.41, 5.74) is 1.87. The van der Waals surface area contributed by atoms with Crippen LogP contribution in [0.25, 0.3) is 10.9 Å². The van der Waals surface area contributed by atoms with Gasteiger partial charge in [-0.25, -0.2) is 9.97 Å². The molecule has 3 heterocycles. The number of hydrogen-bond donors (Lipinski definition) is 1. The van der Waals surface area contributed by atoms with Crippen LogP contribution >= 0.6 is 11.6 Å². The first kappa shape index (κ1) is 25.2. The Morgan fingerprint density at radius 1 is 1.11 bits per heavy atom. The van der Waals surface area contributed by atoms with E-state index < -0.39 is 0 Å². The van der Waals surface area contributed by atoms with Crippen molar-refractivity contribution < 1.29 is 23.7 Å². The summed E-state index contributed by atoms with van der Waals surface area (Å²) in [6.45, 7) is 3.19. The van der Waals surface area contributed by atoms with Crippen LogP contribution in [-0.4, -0.2) is 69.2 Å². The number of aromatic nitrogens is 2. The van der Waals surface area contributed by atoms with Crippen molar-refractivity contribution in [2.24, 2.45) is 5.92 Å². The van der Waals surface area contributed by atoms with Gasteiger partial charge in [-0.3, -0.25) is 0 Å². The molecular formula is C27H29ClN4O5. The number of rotatable bonds is 7. The first-order valence-electron chi connectivity index (χ1n) is 12.1. The molecule has 2 aromatic carbocycles. The molecule has 37 heavy (non-hydrogen) atoms. The molecule has 2 aliphatic rings. The van der Waals surface area contributed by atoms with Gasteiger partial charge in [0.05, 0.1) is 29.8 Å². The van der Waals surface area contributed by atoms with E-state index in [1.54, 1.807) is 20.3 Å². The van der Waals surface area contributed by atoms with E-state index in [1.165, 1.54) is 6.33 Å². The lowest BCUT2D eigenvalue weighted by molar-refractivity contribution is 0.157. The monoisotopic (exact) mass is 524 g/mol. The Morgan fingerprint density at radius 2 is 1.92 bits per heavy atom. The number of methoxy groups -OCH3 is 2. The second-order valence-corrected chi connectivity index (χ2v) is 9.41. The highest BCUT2D eigenvalue weighted by Crippen LogP contribution is 2.47. The number of likely N-dealkylation sites (tertiary alicyclic amines) is 1. The summed E-state index contributed by atoms with van der Waals surface area (Å²) in [5.74, 6) is 9.27. The van der Waals surface area contributed by atoms with Gasteiger partial charge in [-0.1, -0.05) is 23.4 Å². The van der Waals surface area contributed by atoms with E-state index in [-0.39, 0.29) is 6.79 Å². The molecule has 5 rings (SSSR count). The molecule has 0 amide bonds. The predicted molar refractivity (Wildman–Crippen MR) is 141 cm³/mol. The predicted octanol–water partition coefficient (Wildman–Crippen LogP) is 4.48. The molecule has 10 heteroatoms. The summed E-state index contributed by atoms with van der Waals surface area (Å²) in [6.07, 6.45) is 3.74. The van der Waals surface area contributed by atoms with Gasteiger partial charge in [0, 0.05) is 18.6 Å². The van der Waals surface area contributed by atoms with Gasteiger partial charge in [-0.15, -0.1) is 0 Å². The number of halogens is 1. The van der Waals surface area contributed by atoms with E-state index in [0.29, 0.717) is 69.7 Å². The quantitative estimate of drug-likeness (QED) is 0.449. The smallest absolute Gasteiger partial charge is 0.231 e. The molecule has 2 aliphatic heterocycles. The lowest BCUT2D eigenvalue weighted by atomic mass is 9.98. The second-order valence-electron chi connectivity index (χ2n) is 9.01. The van der Waals surface area contributed by atoms with Crippen molar-refractivity contribution in [3.63, 3.8) is 0 Å². The molecule has 0 unspecified atom stereocenters. The Bertz CT molecular complexity index is 1350. The normalized spacial score (nSPS) is 15.4. The van der Waals surface area contributed by atoms with Crippen molar-refractivity contribution in [3.05, 3.63) is 35.1 Å². The molecule has 1 fully saturated rings. The highest BCUT2D eigenvalue weighted by atomic mass is 35.5. The number of ether oxygens (including phenoxy) is 5. The molecule has 1 saturated heterocycles. The Morgan fingerprint density at radius 3 is 2.70 bits per heavy atom. The standard InChI is InChI=1S/C27H29ClN4O5/c1-32-8-6-17(7-9-32)14-35-23-13-21-19(12-22(23)34-3)27(30-15-29-21)31-24-20(28)11-18(5-4-10-33-2)25-26(24)37-16-36-25/h11-13,15,17H,6-10,14,16H2,1-3H3,(H,29,30,31). The van der Waals surface area contributed by atoms with Crippen molar-refractivity contribution in [1.29, 1.82) is 0 Å². The molecule has 0 atom stereocenters. The largest absolute Gasteiger partial charge is 0.493 e. The van der Waals surface area contributed by atoms with Crippen LogP contribution in [0.4, 0.5) is 11.5 Å². The number of nitrogens with zero attached hydrogens (tertiary/aromatic N) is 3. The fourth-order valence-corrected chi connectivity index (χ4v) is 4.68. The molecule has 194 valence electrons. The number of nitrogens with one attached hydrogen (secondary N) is 1. The average molecular weight is 525 g/mol. The van der Waals surface area contributed by atoms with E-state index in [0.717, 1.165) is 31.3 Å². The molecule has 0 aliphatic carbocycles. The van der Waals surface area contributed by atoms with Crippen molar-refractivity contribution in [2.75, 3.05) is 59.7 Å². The molecule has 1 aromatic heterocycles. The maximum atomic E-state index is 6.65. The van der Waals surface area contributed by atoms with E-state index in [2.05, 4.69) is 39.1 Å². The fourth-order valence-electron chi connectivity index (χ4n) is 4.44. The first-order valence-corrected chi connectivity index (χ1v) is 12.5. The molecule has 0 spiro atoms. The highest BCUT2D eigenvalue weighted by molar-refractivity contribution is 6.34. The molecule has 3 aromatic rings. The maximum absolute atomic E-state index is 6.65. The second kappa shape index (κ2) is 11.3. The zero-order chi connectivity index (χ0) is 25.8. The van der Waals surface area contributed by atoms with E-state index in [9.17, 15) is 0 Å². The molecule has 0 radical (unpaired) electrons. The Labute approximate surface area is 221 Å². The summed E-state index contributed by atoms with van der Waals surface area (Å²) in [7, 11) is 5.37. The SMILES string of the molecule is COCC#Cc1cc(Cl)c(Nc2ncnc3cc(OCC4CCN(C)CC4)c(OC)cc23)c2c1OCO2. The number of fused-ring (bicyclic) bond motifs is 2. The molecule has 0 bridgehead atoms. The lowest BCUT2D eigenvalue weighted by Gasteiger charge is -2.28. The minimum absolute atomic E-state index is 0.0691. The van der Waals surface area contributed by atoms with Crippen molar-refractivity contribution in [1.82, 2.24) is 14.9 Å². The van der Waals surface area contributed by atoms with Gasteiger partial charge in [0.1, 0.15) is 24.4 Å². The minimum atomic E-state index is 0.0691. The van der Waals surface area contributed by atoms with Crippen molar-refractivity contribution in [3.8, 4) is 34.8 Å². The summed E-state index contributed by atoms with van der Waals surface area (Å²) < 4.78 is 28.3. The number of anilines is 2. The Kier molecular flexibility index (Phi) is 7.70. The number of benzene rings is 2. The zero-order valence-electron chi connectivity index (χ0n) is 21.1. The highest BCUT2D eigenvalue weighted by Gasteiger charge is 2.26. The molecule has 0 saturated carbocycles. The van der Waals surface area contributed by atoms with Gasteiger partial charge >= 0.3 is 0 Å². The zero-order valence-corrected chi connectivity index (χ0v) is 21.9. The minimum Gasteiger partial charge on any atom is -0.493 e. The Balaban J connectivity index is 1.43. The summed E-state index contributed by atoms with van der Waals surface area (Å²) in [6, 6.07) is 5.49. The third-order valence-electron chi connectivity index (χ3n) is 6.51. The van der Waals surface area contributed by atoms with Crippen LogP contribution in [0.5, 0.6) is 23.0 Å². The van der Waals surface area contributed by atoms with Crippen LogP contribution in [0.2, 0.25) is 5.02 Å². The Hall–Kier alpha value is -3.45. The van der Waals surface area contributed by atoms with Crippen LogP contribution in [0, 0.1) is 17.8 Å². The van der Waals surface area contributed by atoms with Crippen LogP contribution in [-0.2, 0) is 4.74 Å². The van der Waals surface area contributed by atoms with Gasteiger partial charge in [0.15, 0.2) is 23.0 Å². The van der Waals surface area contributed by atoms with Crippen molar-refractivity contribution in [2.45, 2.75) is 12.8 Å². The van der Waals surface area contributed by atoms with E-state index >= 15 is 0 Å². The van der Waals surface area contributed by atoms with Crippen LogP contribution < -0.4 is 24.3 Å². The molecular weight excluding hydrogens is 496 g/mol. The molecule has 9 nitrogen and oxygen atoms in total. The first-order chi connectivity index (χ1) is 18.1. The van der Waals surface area contributed by atoms with Gasteiger partial charge in [0.2, 0.25) is 6.79 Å². The number of hydrogen-bond acceptors (Lipinski definition) is 9. The van der Waals surface area contributed by atoms with Crippen LogP contribution in [0.15, 0.2) is 24.5 Å².